The van der Waals surface area contributed by atoms with Gasteiger partial charge in [0.2, 0.25) is 16.9 Å². The summed E-state index contributed by atoms with van der Waals surface area (Å²) in [4.78, 5) is 26.6. The first-order valence-corrected chi connectivity index (χ1v) is 9.55. The second-order valence-electron chi connectivity index (χ2n) is 6.64. The second kappa shape index (κ2) is 7.03. The van der Waals surface area contributed by atoms with Gasteiger partial charge in [0.1, 0.15) is 10.8 Å². The molecular weight excluding hydrogens is 352 g/mol. The number of nitrogens with one attached hydrogen (secondary N) is 1. The van der Waals surface area contributed by atoms with Crippen LogP contribution >= 0.6 is 11.3 Å². The summed E-state index contributed by atoms with van der Waals surface area (Å²) in [5.41, 5.74) is 0.693. The Hall–Kier alpha value is -2.48. The molecule has 1 N–H and O–H groups in total. The Kier molecular flexibility index (Phi) is 4.58. The molecule has 26 heavy (non-hydrogen) atoms. The van der Waals surface area contributed by atoms with Crippen LogP contribution in [0, 0.1) is 5.92 Å². The molecule has 1 aromatic heterocycles. The van der Waals surface area contributed by atoms with Gasteiger partial charge in [-0.15, -0.1) is 10.2 Å². The lowest BCUT2D eigenvalue weighted by molar-refractivity contribution is -0.122. The minimum atomic E-state index is -0.413. The first kappa shape index (κ1) is 17.0. The Morgan fingerprint density at radius 2 is 2.12 bits per heavy atom. The van der Waals surface area contributed by atoms with Crippen molar-refractivity contribution in [3.63, 3.8) is 0 Å². The Balaban J connectivity index is 1.43. The van der Waals surface area contributed by atoms with Crippen LogP contribution in [-0.4, -0.2) is 35.7 Å². The minimum absolute atomic E-state index is 0.0814. The highest BCUT2D eigenvalue weighted by Crippen LogP contribution is 2.39. The number of amides is 2. The molecule has 1 saturated carbocycles. The zero-order chi connectivity index (χ0) is 18.1. The number of hydrogen-bond acceptors (Lipinski definition) is 6. The molecule has 2 amide bonds. The van der Waals surface area contributed by atoms with Gasteiger partial charge in [0, 0.05) is 18.9 Å². The number of rotatable bonds is 5. The lowest BCUT2D eigenvalue weighted by Crippen LogP contribution is -2.28. The number of methoxy groups -OCH3 is 1. The van der Waals surface area contributed by atoms with Gasteiger partial charge < -0.3 is 15.0 Å². The van der Waals surface area contributed by atoms with Gasteiger partial charge in [0.05, 0.1) is 18.7 Å². The number of aromatic nitrogens is 2. The van der Waals surface area contributed by atoms with E-state index in [0.29, 0.717) is 29.0 Å². The topological polar surface area (TPSA) is 84.4 Å². The maximum Gasteiger partial charge on any atom is 0.231 e. The van der Waals surface area contributed by atoms with Gasteiger partial charge in [0.25, 0.3) is 0 Å². The summed E-state index contributed by atoms with van der Waals surface area (Å²) in [6.45, 7) is 0.333. The highest BCUT2D eigenvalue weighted by Gasteiger charge is 2.36. The van der Waals surface area contributed by atoms with E-state index < -0.39 is 5.92 Å². The molecule has 1 saturated heterocycles. The number of carbonyl (C=O) groups excluding carboxylic acids is 2. The van der Waals surface area contributed by atoms with Crippen LogP contribution < -0.4 is 15.0 Å². The van der Waals surface area contributed by atoms with Crippen molar-refractivity contribution in [3.8, 4) is 5.75 Å². The van der Waals surface area contributed by atoms with Crippen LogP contribution in [0.15, 0.2) is 24.3 Å². The van der Waals surface area contributed by atoms with Gasteiger partial charge in [-0.3, -0.25) is 9.59 Å². The van der Waals surface area contributed by atoms with E-state index in [4.69, 9.17) is 4.74 Å². The molecule has 1 unspecified atom stereocenters. The van der Waals surface area contributed by atoms with Gasteiger partial charge in [-0.1, -0.05) is 29.9 Å². The Labute approximate surface area is 155 Å². The molecule has 2 fully saturated rings. The van der Waals surface area contributed by atoms with Crippen molar-refractivity contribution in [1.29, 1.82) is 0 Å². The smallest absolute Gasteiger partial charge is 0.231 e. The van der Waals surface area contributed by atoms with Crippen molar-refractivity contribution in [1.82, 2.24) is 10.2 Å². The molecule has 2 aromatic rings. The number of benzene rings is 1. The van der Waals surface area contributed by atoms with E-state index in [-0.39, 0.29) is 18.2 Å². The summed E-state index contributed by atoms with van der Waals surface area (Å²) in [6, 6.07) is 7.33. The van der Waals surface area contributed by atoms with Crippen molar-refractivity contribution >= 4 is 34.0 Å². The molecule has 0 radical (unpaired) electrons. The predicted octanol–water partition coefficient (Wildman–Crippen LogP) is 2.81. The highest BCUT2D eigenvalue weighted by molar-refractivity contribution is 7.15. The number of ether oxygens (including phenoxy) is 1. The quantitative estimate of drug-likeness (QED) is 0.872. The fourth-order valence-electron chi connectivity index (χ4n) is 3.28. The number of hydrogen-bond donors (Lipinski definition) is 1. The van der Waals surface area contributed by atoms with Gasteiger partial charge in [-0.05, 0) is 25.0 Å². The molecule has 2 aliphatic rings. The van der Waals surface area contributed by atoms with Crippen LogP contribution in [0.2, 0.25) is 0 Å². The summed E-state index contributed by atoms with van der Waals surface area (Å²) in [5.74, 6) is 0.431. The van der Waals surface area contributed by atoms with E-state index in [9.17, 15) is 9.59 Å². The van der Waals surface area contributed by atoms with Crippen molar-refractivity contribution in [2.45, 2.75) is 31.6 Å². The summed E-state index contributed by atoms with van der Waals surface area (Å²) >= 11 is 1.44. The first-order chi connectivity index (χ1) is 12.7. The molecule has 1 aliphatic heterocycles. The van der Waals surface area contributed by atoms with E-state index in [0.717, 1.165) is 17.8 Å². The third kappa shape index (κ3) is 3.16. The highest BCUT2D eigenvalue weighted by atomic mass is 32.1. The first-order valence-electron chi connectivity index (χ1n) is 8.73. The third-order valence-electron chi connectivity index (χ3n) is 5.00. The Morgan fingerprint density at radius 3 is 2.85 bits per heavy atom. The number of para-hydroxylation sites is 2. The molecule has 1 atom stereocenters. The maximum atomic E-state index is 12.6. The maximum absolute atomic E-state index is 12.6. The normalized spacial score (nSPS) is 20.1. The lowest BCUT2D eigenvalue weighted by atomic mass is 9.86. The molecule has 0 spiro atoms. The molecule has 136 valence electrons. The van der Waals surface area contributed by atoms with Crippen LogP contribution in [0.3, 0.4) is 0 Å². The van der Waals surface area contributed by atoms with Gasteiger partial charge in [-0.25, -0.2) is 0 Å². The number of nitrogens with zero attached hydrogens (tertiary/aromatic N) is 3. The molecule has 8 heteroatoms. The van der Waals surface area contributed by atoms with E-state index in [1.165, 1.54) is 17.8 Å². The van der Waals surface area contributed by atoms with Gasteiger partial charge >= 0.3 is 0 Å². The van der Waals surface area contributed by atoms with Crippen molar-refractivity contribution in [2.75, 3.05) is 23.9 Å². The molecule has 7 nitrogen and oxygen atoms in total. The number of anilines is 2. The molecule has 1 aliphatic carbocycles. The van der Waals surface area contributed by atoms with E-state index in [1.54, 1.807) is 18.1 Å². The largest absolute Gasteiger partial charge is 0.495 e. The van der Waals surface area contributed by atoms with Crippen LogP contribution in [0.5, 0.6) is 5.75 Å². The van der Waals surface area contributed by atoms with Crippen LogP contribution in [0.1, 0.15) is 36.6 Å². The summed E-state index contributed by atoms with van der Waals surface area (Å²) < 4.78 is 5.33. The molecular formula is C18H20N4O3S. The van der Waals surface area contributed by atoms with Crippen LogP contribution in [0.25, 0.3) is 0 Å². The molecule has 4 rings (SSSR count). The molecule has 2 heterocycles. The van der Waals surface area contributed by atoms with Gasteiger partial charge in [-0.2, -0.15) is 0 Å². The van der Waals surface area contributed by atoms with E-state index in [2.05, 4.69) is 15.5 Å². The fraction of sp³-hybridized carbons (Fsp3) is 0.444. The zero-order valence-electron chi connectivity index (χ0n) is 14.5. The SMILES string of the molecule is COc1ccccc1N1CC(C(=O)Nc2nnc(C3CCC3)s2)CC1=O. The van der Waals surface area contributed by atoms with Gasteiger partial charge in [0.15, 0.2) is 0 Å². The number of carbonyl (C=O) groups is 2. The Morgan fingerprint density at radius 1 is 1.31 bits per heavy atom. The van der Waals surface area contributed by atoms with Crippen molar-refractivity contribution in [3.05, 3.63) is 29.3 Å². The van der Waals surface area contributed by atoms with Crippen molar-refractivity contribution < 1.29 is 14.3 Å². The van der Waals surface area contributed by atoms with E-state index >= 15 is 0 Å². The average molecular weight is 372 g/mol. The minimum Gasteiger partial charge on any atom is -0.495 e. The fourth-order valence-corrected chi connectivity index (χ4v) is 4.20. The average Bonchev–Trinajstić information content (AvgIpc) is 3.20. The summed E-state index contributed by atoms with van der Waals surface area (Å²) in [5, 5.41) is 12.6. The predicted molar refractivity (Wildman–Crippen MR) is 98.6 cm³/mol. The zero-order valence-corrected chi connectivity index (χ0v) is 15.3. The van der Waals surface area contributed by atoms with Crippen LogP contribution in [-0.2, 0) is 9.59 Å². The lowest BCUT2D eigenvalue weighted by Gasteiger charge is -2.21. The third-order valence-corrected chi connectivity index (χ3v) is 6.00. The molecule has 0 bridgehead atoms. The van der Waals surface area contributed by atoms with Crippen molar-refractivity contribution in [2.24, 2.45) is 5.92 Å². The second-order valence-corrected chi connectivity index (χ2v) is 7.65. The van der Waals surface area contributed by atoms with Crippen LogP contribution in [0.4, 0.5) is 10.8 Å². The molecule has 1 aromatic carbocycles. The Bertz CT molecular complexity index is 833. The standard InChI is InChI=1S/C18H20N4O3S/c1-25-14-8-3-2-7-13(14)22-10-12(9-15(22)23)16(24)19-18-21-20-17(26-18)11-5-4-6-11/h2-3,7-8,11-12H,4-6,9-10H2,1H3,(H,19,21,24). The monoisotopic (exact) mass is 372 g/mol. The van der Waals surface area contributed by atoms with E-state index in [1.807, 2.05) is 18.2 Å². The summed E-state index contributed by atoms with van der Waals surface area (Å²) in [6.07, 6.45) is 3.70. The summed E-state index contributed by atoms with van der Waals surface area (Å²) in [7, 11) is 1.57.